The summed E-state index contributed by atoms with van der Waals surface area (Å²) in [7, 11) is 2.07. The third-order valence-electron chi connectivity index (χ3n) is 8.40. The number of benzene rings is 5. The Bertz CT molecular complexity index is 2500. The van der Waals surface area contributed by atoms with Crippen LogP contribution < -0.4 is 0 Å². The molecule has 0 unspecified atom stereocenters. The summed E-state index contributed by atoms with van der Waals surface area (Å²) in [6.07, 6.45) is 2.56. The Morgan fingerprint density at radius 2 is 1.50 bits per heavy atom. The van der Waals surface area contributed by atoms with Gasteiger partial charge in [-0.1, -0.05) is 75.6 Å². The molecule has 9 aromatic rings. The minimum absolute atomic E-state index is 0. The smallest absolute Gasteiger partial charge is 0.367 e. The molecular weight excluding hydrogens is 651 g/mol. The van der Waals surface area contributed by atoms with Gasteiger partial charge in [-0.15, -0.1) is 46.3 Å². The third kappa shape index (κ3) is 4.07. The predicted octanol–water partition coefficient (Wildman–Crippen LogP) is 9.29. The Morgan fingerprint density at radius 3 is 2.34 bits per heavy atom. The molecule has 0 radical (unpaired) electrons. The van der Waals surface area contributed by atoms with Crippen molar-refractivity contribution in [1.29, 1.82) is 0 Å². The van der Waals surface area contributed by atoms with Crippen molar-refractivity contribution < 1.29 is 20.4 Å². The molecule has 0 fully saturated rings. The fourth-order valence-electron chi connectivity index (χ4n) is 6.50. The second kappa shape index (κ2) is 10.5. The molecule has 4 nitrogen and oxygen atoms in total. The van der Waals surface area contributed by atoms with Crippen LogP contribution in [0.4, 0.5) is 0 Å². The van der Waals surface area contributed by atoms with Crippen molar-refractivity contribution in [1.82, 2.24) is 19.1 Å². The first-order chi connectivity index (χ1) is 21.2. The van der Waals surface area contributed by atoms with E-state index >= 15 is 0 Å². The number of para-hydroxylation sites is 3. The molecule has 5 aromatic carbocycles. The van der Waals surface area contributed by atoms with Crippen LogP contribution in [0.3, 0.4) is 0 Å². The zero-order chi connectivity index (χ0) is 28.5. The summed E-state index contributed by atoms with van der Waals surface area (Å²) in [5.74, 6) is 1.82. The molecule has 212 valence electrons. The van der Waals surface area contributed by atoms with E-state index in [4.69, 9.17) is 9.97 Å². The molecule has 4 heterocycles. The second-order valence-electron chi connectivity index (χ2n) is 10.9. The van der Waals surface area contributed by atoms with Gasteiger partial charge in [0.25, 0.3) is 0 Å². The van der Waals surface area contributed by atoms with Gasteiger partial charge in [-0.05, 0) is 48.2 Å². The van der Waals surface area contributed by atoms with E-state index in [0.717, 1.165) is 44.8 Å². The quantitative estimate of drug-likeness (QED) is 0.138. The number of imidazole rings is 1. The molecule has 4 aromatic heterocycles. The number of hydrogen-bond acceptors (Lipinski definition) is 3. The first-order valence-electron chi connectivity index (χ1n) is 14.4. The van der Waals surface area contributed by atoms with E-state index in [1.54, 1.807) is 0 Å². The molecular formula is C38H24N4PdS. The number of aromatic nitrogens is 4. The molecule has 0 saturated carbocycles. The zero-order valence-corrected chi connectivity index (χ0v) is 26.1. The molecule has 0 amide bonds. The van der Waals surface area contributed by atoms with E-state index in [9.17, 15) is 0 Å². The minimum atomic E-state index is 0. The van der Waals surface area contributed by atoms with Gasteiger partial charge in [0.2, 0.25) is 0 Å². The van der Waals surface area contributed by atoms with Gasteiger partial charge in [0.05, 0.1) is 16.9 Å². The normalized spacial score (nSPS) is 11.7. The maximum Gasteiger partial charge on any atom is 2.00 e. The molecule has 0 aliphatic heterocycles. The van der Waals surface area contributed by atoms with Crippen LogP contribution in [0.15, 0.2) is 115 Å². The van der Waals surface area contributed by atoms with Gasteiger partial charge in [-0.3, -0.25) is 4.98 Å². The second-order valence-corrected chi connectivity index (χ2v) is 12.0. The first-order valence-corrected chi connectivity index (χ1v) is 15.2. The van der Waals surface area contributed by atoms with Gasteiger partial charge < -0.3 is 9.13 Å². The van der Waals surface area contributed by atoms with E-state index in [2.05, 4.69) is 119 Å². The van der Waals surface area contributed by atoms with Crippen LogP contribution in [-0.2, 0) is 33.9 Å². The van der Waals surface area contributed by atoms with Crippen molar-refractivity contribution >= 4 is 64.3 Å². The summed E-state index contributed by atoms with van der Waals surface area (Å²) >= 11 is 1.87. The SMILES string of the molecule is Cn1c(-c2[c-]c(Cc3[c-]c4c(c5ccccc5n4-c4ccccn4)c4sc5ccccc5c34)ccc2)nc2ccccc21.[Pd+2]. The summed E-state index contributed by atoms with van der Waals surface area (Å²) in [6, 6.07) is 45.8. The maximum absolute atomic E-state index is 4.94. The number of fused-ring (bicyclic) bond motifs is 8. The van der Waals surface area contributed by atoms with E-state index in [1.807, 2.05) is 35.7 Å². The summed E-state index contributed by atoms with van der Waals surface area (Å²) in [4.78, 5) is 9.70. The van der Waals surface area contributed by atoms with E-state index < -0.39 is 0 Å². The number of pyridine rings is 1. The van der Waals surface area contributed by atoms with Gasteiger partial charge in [-0.2, -0.15) is 17.4 Å². The Labute approximate surface area is 271 Å². The van der Waals surface area contributed by atoms with Crippen LogP contribution in [0.25, 0.3) is 70.2 Å². The molecule has 6 heteroatoms. The molecule has 0 atom stereocenters. The number of nitrogens with zero attached hydrogens (tertiary/aromatic N) is 4. The van der Waals surface area contributed by atoms with Crippen LogP contribution in [0.5, 0.6) is 0 Å². The van der Waals surface area contributed by atoms with E-state index in [1.165, 1.54) is 36.5 Å². The Morgan fingerprint density at radius 1 is 0.727 bits per heavy atom. The fraction of sp³-hybridized carbons (Fsp3) is 0.0526. The van der Waals surface area contributed by atoms with Crippen molar-refractivity contribution in [2.24, 2.45) is 7.05 Å². The largest absolute Gasteiger partial charge is 2.00 e. The predicted molar refractivity (Wildman–Crippen MR) is 178 cm³/mol. The van der Waals surface area contributed by atoms with Gasteiger partial charge in [0.15, 0.2) is 0 Å². The van der Waals surface area contributed by atoms with Gasteiger partial charge >= 0.3 is 20.4 Å². The Balaban J connectivity index is 0.00000289. The molecule has 44 heavy (non-hydrogen) atoms. The van der Waals surface area contributed by atoms with Crippen molar-refractivity contribution in [2.75, 3.05) is 0 Å². The van der Waals surface area contributed by atoms with E-state index in [-0.39, 0.29) is 20.4 Å². The van der Waals surface area contributed by atoms with Crippen LogP contribution >= 0.6 is 11.3 Å². The summed E-state index contributed by atoms with van der Waals surface area (Å²) < 4.78 is 6.99. The molecule has 0 aliphatic rings. The number of aryl methyl sites for hydroxylation is 1. The zero-order valence-electron chi connectivity index (χ0n) is 23.7. The Kier molecular flexibility index (Phi) is 6.46. The molecule has 9 rings (SSSR count). The summed E-state index contributed by atoms with van der Waals surface area (Å²) in [6.45, 7) is 0. The average molecular weight is 675 g/mol. The molecule has 0 aliphatic carbocycles. The van der Waals surface area contributed by atoms with Crippen LogP contribution in [0.1, 0.15) is 11.1 Å². The van der Waals surface area contributed by atoms with Crippen LogP contribution in [0.2, 0.25) is 0 Å². The third-order valence-corrected chi connectivity index (χ3v) is 9.59. The fourth-order valence-corrected chi connectivity index (χ4v) is 7.79. The van der Waals surface area contributed by atoms with Crippen molar-refractivity contribution in [3.8, 4) is 17.2 Å². The van der Waals surface area contributed by atoms with Gasteiger partial charge in [-0.25, -0.2) is 4.98 Å². The molecule has 0 N–H and O–H groups in total. The van der Waals surface area contributed by atoms with Crippen molar-refractivity contribution in [3.63, 3.8) is 0 Å². The van der Waals surface area contributed by atoms with Gasteiger partial charge in [0.1, 0.15) is 5.82 Å². The first kappa shape index (κ1) is 27.0. The van der Waals surface area contributed by atoms with Crippen LogP contribution in [0, 0.1) is 12.1 Å². The number of hydrogen-bond donors (Lipinski definition) is 0. The standard InChI is InChI=1S/C38H24N4S.Pd/c1-41-31-17-6-4-15-29(31)40-38(41)25-12-10-11-24(21-25)22-26-23-32-36(37-35(26)28-14-3-7-18-33(28)43-37)27-13-2-5-16-30(27)42(32)34-19-8-9-20-39-34;/h2-20H,22H2,1H3;/q-2;+2. The monoisotopic (exact) mass is 674 g/mol. The number of rotatable bonds is 4. The Hall–Kier alpha value is -4.60. The van der Waals surface area contributed by atoms with Crippen LogP contribution in [-0.4, -0.2) is 19.1 Å². The number of thiophene rings is 1. The molecule has 0 bridgehead atoms. The average Bonchev–Trinajstić information content (AvgIpc) is 3.71. The molecule has 0 saturated heterocycles. The van der Waals surface area contributed by atoms with E-state index in [0.29, 0.717) is 6.42 Å². The topological polar surface area (TPSA) is 35.6 Å². The summed E-state index contributed by atoms with van der Waals surface area (Å²) in [5.41, 5.74) is 7.57. The summed E-state index contributed by atoms with van der Waals surface area (Å²) in [5, 5.41) is 5.01. The van der Waals surface area contributed by atoms with Gasteiger partial charge in [0, 0.05) is 23.5 Å². The minimum Gasteiger partial charge on any atom is -0.367 e. The van der Waals surface area contributed by atoms with Crippen molar-refractivity contribution in [2.45, 2.75) is 6.42 Å². The maximum atomic E-state index is 4.94. The van der Waals surface area contributed by atoms with Crippen molar-refractivity contribution in [3.05, 3.63) is 139 Å². The molecule has 0 spiro atoms.